The second-order valence-electron chi connectivity index (χ2n) is 3.13. The highest BCUT2D eigenvalue weighted by Gasteiger charge is 2.04. The predicted molar refractivity (Wildman–Crippen MR) is 53.0 cm³/mol. The maximum absolute atomic E-state index is 5.45. The molecule has 0 radical (unpaired) electrons. The van der Waals surface area contributed by atoms with E-state index in [0.29, 0.717) is 6.54 Å². The fourth-order valence-electron chi connectivity index (χ4n) is 1.40. The summed E-state index contributed by atoms with van der Waals surface area (Å²) in [4.78, 5) is 3.25. The number of H-pyrrole nitrogens is 1. The van der Waals surface area contributed by atoms with Crippen molar-refractivity contribution in [3.63, 3.8) is 0 Å². The fraction of sp³-hybridized carbons (Fsp3) is 0.400. The number of nitrogens with one attached hydrogen (secondary N) is 1. The molecule has 0 aliphatic rings. The molecule has 2 nitrogen and oxygen atoms in total. The second-order valence-corrected chi connectivity index (χ2v) is 3.13. The minimum absolute atomic E-state index is 0.669. The molecule has 1 aromatic heterocycles. The molecule has 1 aromatic rings. The summed E-state index contributed by atoms with van der Waals surface area (Å²) < 4.78 is 0. The number of nitrogens with two attached hydrogens (primary N) is 1. The highest BCUT2D eigenvalue weighted by Crippen LogP contribution is 2.20. The molecule has 1 rings (SSSR count). The molecule has 0 amide bonds. The van der Waals surface area contributed by atoms with Crippen LogP contribution in [0.15, 0.2) is 12.6 Å². The highest BCUT2D eigenvalue weighted by molar-refractivity contribution is 5.66. The Morgan fingerprint density at radius 1 is 1.58 bits per heavy atom. The van der Waals surface area contributed by atoms with Gasteiger partial charge in [0, 0.05) is 11.4 Å². The van der Waals surface area contributed by atoms with Crippen molar-refractivity contribution in [1.82, 2.24) is 4.98 Å². The summed E-state index contributed by atoms with van der Waals surface area (Å²) in [6.07, 6.45) is 0.873. The van der Waals surface area contributed by atoms with Crippen molar-refractivity contribution in [2.24, 2.45) is 5.73 Å². The number of rotatable bonds is 3. The van der Waals surface area contributed by atoms with E-state index in [1.165, 1.54) is 17.0 Å². The van der Waals surface area contributed by atoms with E-state index in [1.807, 2.05) is 6.92 Å². The van der Waals surface area contributed by atoms with Crippen molar-refractivity contribution in [2.45, 2.75) is 20.3 Å². The Balaban J connectivity index is 2.87. The Bertz CT molecular complexity index is 284. The normalized spacial score (nSPS) is 10.2. The summed E-state index contributed by atoms with van der Waals surface area (Å²) in [5, 5.41) is 0. The molecular weight excluding hydrogens is 148 g/mol. The molecule has 66 valence electrons. The molecule has 0 fully saturated rings. The molecule has 0 saturated carbocycles. The lowest BCUT2D eigenvalue weighted by atomic mass is 10.1. The molecule has 1 heterocycles. The summed E-state index contributed by atoms with van der Waals surface area (Å²) in [6, 6.07) is 2.12. The first-order chi connectivity index (χ1) is 5.65. The van der Waals surface area contributed by atoms with Gasteiger partial charge in [-0.1, -0.05) is 6.58 Å². The van der Waals surface area contributed by atoms with Crippen LogP contribution in [0.2, 0.25) is 0 Å². The van der Waals surface area contributed by atoms with Crippen LogP contribution in [0.1, 0.15) is 23.4 Å². The molecule has 0 aliphatic carbocycles. The van der Waals surface area contributed by atoms with Crippen molar-refractivity contribution in [1.29, 1.82) is 0 Å². The Morgan fingerprint density at radius 2 is 2.25 bits per heavy atom. The zero-order chi connectivity index (χ0) is 9.14. The second kappa shape index (κ2) is 3.59. The number of aromatic nitrogens is 1. The van der Waals surface area contributed by atoms with E-state index in [-0.39, 0.29) is 0 Å². The predicted octanol–water partition coefficient (Wildman–Crippen LogP) is 1.99. The monoisotopic (exact) mass is 164 g/mol. The van der Waals surface area contributed by atoms with Crippen LogP contribution < -0.4 is 5.73 Å². The van der Waals surface area contributed by atoms with Gasteiger partial charge in [0.1, 0.15) is 0 Å². The van der Waals surface area contributed by atoms with Gasteiger partial charge in [-0.15, -0.1) is 0 Å². The molecule has 0 saturated heterocycles. The highest BCUT2D eigenvalue weighted by atomic mass is 14.7. The first-order valence-corrected chi connectivity index (χ1v) is 4.19. The fourth-order valence-corrected chi connectivity index (χ4v) is 1.40. The van der Waals surface area contributed by atoms with Crippen molar-refractivity contribution in [3.05, 3.63) is 29.6 Å². The van der Waals surface area contributed by atoms with Gasteiger partial charge in [0.25, 0.3) is 0 Å². The van der Waals surface area contributed by atoms with Crippen molar-refractivity contribution in [2.75, 3.05) is 6.54 Å². The van der Waals surface area contributed by atoms with Crippen molar-refractivity contribution in [3.8, 4) is 0 Å². The average molecular weight is 164 g/mol. The van der Waals surface area contributed by atoms with Gasteiger partial charge in [-0.25, -0.2) is 0 Å². The topological polar surface area (TPSA) is 41.8 Å². The van der Waals surface area contributed by atoms with Gasteiger partial charge in [0.2, 0.25) is 0 Å². The quantitative estimate of drug-likeness (QED) is 0.704. The lowest BCUT2D eigenvalue weighted by Crippen LogP contribution is -1.99. The van der Waals surface area contributed by atoms with Crippen molar-refractivity contribution >= 4 is 5.57 Å². The summed E-state index contributed by atoms with van der Waals surface area (Å²) in [7, 11) is 0. The lowest BCUT2D eigenvalue weighted by molar-refractivity contribution is 1.02. The van der Waals surface area contributed by atoms with Gasteiger partial charge in [-0.2, -0.15) is 0 Å². The summed E-state index contributed by atoms with van der Waals surface area (Å²) in [5.41, 5.74) is 10.2. The van der Waals surface area contributed by atoms with E-state index < -0.39 is 0 Å². The Labute approximate surface area is 73.5 Å². The first kappa shape index (κ1) is 9.07. The Kier molecular flexibility index (Phi) is 2.71. The maximum Gasteiger partial charge on any atom is 0.0193 e. The van der Waals surface area contributed by atoms with Crippen LogP contribution >= 0.6 is 0 Å². The maximum atomic E-state index is 5.45. The largest absolute Gasteiger partial charge is 0.362 e. The third kappa shape index (κ3) is 1.77. The SMILES string of the molecule is C=C(CCN)c1cc(C)[nH]c1C. The summed E-state index contributed by atoms with van der Waals surface area (Å²) >= 11 is 0. The smallest absolute Gasteiger partial charge is 0.0193 e. The van der Waals surface area contributed by atoms with Crippen LogP contribution in [-0.4, -0.2) is 11.5 Å². The van der Waals surface area contributed by atoms with Crippen LogP contribution in [0.5, 0.6) is 0 Å². The zero-order valence-corrected chi connectivity index (χ0v) is 7.78. The van der Waals surface area contributed by atoms with Crippen LogP contribution in [0.25, 0.3) is 5.57 Å². The number of hydrogen-bond acceptors (Lipinski definition) is 1. The van der Waals surface area contributed by atoms with Gasteiger partial charge in [-0.3, -0.25) is 0 Å². The van der Waals surface area contributed by atoms with E-state index in [9.17, 15) is 0 Å². The van der Waals surface area contributed by atoms with Crippen LogP contribution in [0, 0.1) is 13.8 Å². The lowest BCUT2D eigenvalue weighted by Gasteiger charge is -2.01. The Morgan fingerprint density at radius 3 is 2.67 bits per heavy atom. The van der Waals surface area contributed by atoms with E-state index >= 15 is 0 Å². The van der Waals surface area contributed by atoms with Gasteiger partial charge in [0.05, 0.1) is 0 Å². The van der Waals surface area contributed by atoms with Crippen LogP contribution in [0.3, 0.4) is 0 Å². The standard InChI is InChI=1S/C10H16N2/c1-7(4-5-11)10-6-8(2)12-9(10)3/h6,12H,1,4-5,11H2,2-3H3. The molecule has 0 unspecified atom stereocenters. The van der Waals surface area contributed by atoms with Crippen LogP contribution in [0.4, 0.5) is 0 Å². The van der Waals surface area contributed by atoms with E-state index in [4.69, 9.17) is 5.73 Å². The van der Waals surface area contributed by atoms with E-state index in [0.717, 1.165) is 12.0 Å². The van der Waals surface area contributed by atoms with Gasteiger partial charge in [-0.05, 0) is 44.0 Å². The van der Waals surface area contributed by atoms with Gasteiger partial charge < -0.3 is 10.7 Å². The van der Waals surface area contributed by atoms with E-state index in [1.54, 1.807) is 0 Å². The summed E-state index contributed by atoms with van der Waals surface area (Å²) in [5.74, 6) is 0. The van der Waals surface area contributed by atoms with Gasteiger partial charge >= 0.3 is 0 Å². The number of aryl methyl sites for hydroxylation is 2. The van der Waals surface area contributed by atoms with Crippen molar-refractivity contribution < 1.29 is 0 Å². The third-order valence-corrected chi connectivity index (χ3v) is 1.98. The first-order valence-electron chi connectivity index (χ1n) is 4.19. The molecule has 0 spiro atoms. The van der Waals surface area contributed by atoms with Crippen LogP contribution in [-0.2, 0) is 0 Å². The summed E-state index contributed by atoms with van der Waals surface area (Å²) in [6.45, 7) is 8.77. The van der Waals surface area contributed by atoms with E-state index in [2.05, 4.69) is 24.6 Å². The minimum atomic E-state index is 0.669. The third-order valence-electron chi connectivity index (χ3n) is 1.98. The molecule has 0 aromatic carbocycles. The molecular formula is C10H16N2. The van der Waals surface area contributed by atoms with Gasteiger partial charge in [0.15, 0.2) is 0 Å². The molecule has 3 N–H and O–H groups in total. The number of aromatic amines is 1. The number of hydrogen-bond donors (Lipinski definition) is 2. The molecule has 2 heteroatoms. The molecule has 12 heavy (non-hydrogen) atoms. The minimum Gasteiger partial charge on any atom is -0.362 e. The molecule has 0 aliphatic heterocycles. The average Bonchev–Trinajstić information content (AvgIpc) is 2.30. The Hall–Kier alpha value is -1.02. The zero-order valence-electron chi connectivity index (χ0n) is 7.78. The molecule has 0 atom stereocenters. The molecule has 0 bridgehead atoms.